The summed E-state index contributed by atoms with van der Waals surface area (Å²) in [6.07, 6.45) is 3.83. The lowest BCUT2D eigenvalue weighted by Gasteiger charge is -2.23. The van der Waals surface area contributed by atoms with E-state index in [4.69, 9.17) is 19.3 Å². The van der Waals surface area contributed by atoms with Crippen molar-refractivity contribution in [2.45, 2.75) is 18.9 Å². The SMILES string of the molecule is c1cc2c(cc1-c1cnc3ccc(NC4CCOCC4)nn13)OCO2. The number of ether oxygens (including phenoxy) is 3. The van der Waals surface area contributed by atoms with E-state index in [1.54, 1.807) is 0 Å². The molecule has 5 rings (SSSR count). The lowest BCUT2D eigenvalue weighted by molar-refractivity contribution is 0.0903. The van der Waals surface area contributed by atoms with E-state index in [0.717, 1.165) is 60.3 Å². The predicted molar refractivity (Wildman–Crippen MR) is 92.0 cm³/mol. The Bertz CT molecular complexity index is 918. The van der Waals surface area contributed by atoms with Crippen molar-refractivity contribution in [3.05, 3.63) is 36.5 Å². The summed E-state index contributed by atoms with van der Waals surface area (Å²) >= 11 is 0. The van der Waals surface area contributed by atoms with Gasteiger partial charge in [-0.25, -0.2) is 9.50 Å². The molecule has 128 valence electrons. The van der Waals surface area contributed by atoms with Crippen LogP contribution in [0.25, 0.3) is 16.9 Å². The van der Waals surface area contributed by atoms with Crippen LogP contribution in [0.1, 0.15) is 12.8 Å². The quantitative estimate of drug-likeness (QED) is 0.792. The van der Waals surface area contributed by atoms with Gasteiger partial charge in [0, 0.05) is 24.8 Å². The predicted octanol–water partition coefficient (Wildman–Crippen LogP) is 2.72. The molecule has 0 unspecified atom stereocenters. The van der Waals surface area contributed by atoms with Gasteiger partial charge >= 0.3 is 0 Å². The normalized spacial score (nSPS) is 17.1. The van der Waals surface area contributed by atoms with E-state index >= 15 is 0 Å². The molecule has 2 aliphatic rings. The Morgan fingerprint density at radius 2 is 1.92 bits per heavy atom. The second-order valence-electron chi connectivity index (χ2n) is 6.23. The molecule has 0 saturated carbocycles. The maximum atomic E-state index is 5.48. The Labute approximate surface area is 144 Å². The van der Waals surface area contributed by atoms with Crippen molar-refractivity contribution < 1.29 is 14.2 Å². The first kappa shape index (κ1) is 14.5. The largest absolute Gasteiger partial charge is 0.454 e. The number of nitrogens with one attached hydrogen (secondary N) is 1. The number of rotatable bonds is 3. The lowest BCUT2D eigenvalue weighted by atomic mass is 10.1. The number of anilines is 1. The van der Waals surface area contributed by atoms with Crippen molar-refractivity contribution in [1.82, 2.24) is 14.6 Å². The maximum Gasteiger partial charge on any atom is 0.231 e. The van der Waals surface area contributed by atoms with Gasteiger partial charge in [0.1, 0.15) is 5.82 Å². The number of hydrogen-bond acceptors (Lipinski definition) is 6. The minimum Gasteiger partial charge on any atom is -0.454 e. The Kier molecular flexibility index (Phi) is 3.45. The van der Waals surface area contributed by atoms with Crippen LogP contribution in [0, 0.1) is 0 Å². The fourth-order valence-corrected chi connectivity index (χ4v) is 3.25. The van der Waals surface area contributed by atoms with Gasteiger partial charge in [-0.15, -0.1) is 5.10 Å². The molecule has 0 amide bonds. The standard InChI is InChI=1S/C18H18N4O3/c1-2-15-16(25-11-24-15)9-12(1)14-10-19-18-4-3-17(21-22(14)18)20-13-5-7-23-8-6-13/h1-4,9-10,13H,5-8,11H2,(H,20,21). The highest BCUT2D eigenvalue weighted by molar-refractivity contribution is 5.67. The van der Waals surface area contributed by atoms with Gasteiger partial charge in [0.15, 0.2) is 17.1 Å². The van der Waals surface area contributed by atoms with Crippen LogP contribution in [0.15, 0.2) is 36.5 Å². The molecule has 7 heteroatoms. The summed E-state index contributed by atoms with van der Waals surface area (Å²) in [4.78, 5) is 4.46. The molecular formula is C18H18N4O3. The lowest BCUT2D eigenvalue weighted by Crippen LogP contribution is -2.28. The van der Waals surface area contributed by atoms with E-state index < -0.39 is 0 Å². The van der Waals surface area contributed by atoms with Crippen molar-refractivity contribution in [2.75, 3.05) is 25.3 Å². The third kappa shape index (κ3) is 2.66. The van der Waals surface area contributed by atoms with Crippen LogP contribution in [0.4, 0.5) is 5.82 Å². The van der Waals surface area contributed by atoms with E-state index in [0.29, 0.717) is 6.04 Å². The van der Waals surface area contributed by atoms with E-state index in [1.807, 2.05) is 41.0 Å². The average molecular weight is 338 g/mol. The Hall–Kier alpha value is -2.80. The Morgan fingerprint density at radius 1 is 1.04 bits per heavy atom. The molecule has 1 fully saturated rings. The summed E-state index contributed by atoms with van der Waals surface area (Å²) in [6.45, 7) is 1.87. The molecule has 3 aromatic rings. The first-order valence-electron chi connectivity index (χ1n) is 8.46. The molecule has 0 radical (unpaired) electrons. The molecule has 0 atom stereocenters. The number of hydrogen-bond donors (Lipinski definition) is 1. The van der Waals surface area contributed by atoms with Crippen LogP contribution in [-0.2, 0) is 4.74 Å². The minimum absolute atomic E-state index is 0.267. The maximum absolute atomic E-state index is 5.48. The van der Waals surface area contributed by atoms with Gasteiger partial charge in [0.05, 0.1) is 11.9 Å². The van der Waals surface area contributed by atoms with Gasteiger partial charge in [0.25, 0.3) is 0 Å². The summed E-state index contributed by atoms with van der Waals surface area (Å²) in [5.74, 6) is 2.37. The fraction of sp³-hybridized carbons (Fsp3) is 0.333. The third-order valence-electron chi connectivity index (χ3n) is 4.60. The van der Waals surface area contributed by atoms with Gasteiger partial charge in [-0.05, 0) is 43.2 Å². The average Bonchev–Trinajstić information content (AvgIpc) is 3.28. The molecule has 0 spiro atoms. The zero-order valence-corrected chi connectivity index (χ0v) is 13.6. The van der Waals surface area contributed by atoms with Crippen LogP contribution >= 0.6 is 0 Å². The monoisotopic (exact) mass is 338 g/mol. The van der Waals surface area contributed by atoms with Crippen LogP contribution in [0.2, 0.25) is 0 Å². The fourth-order valence-electron chi connectivity index (χ4n) is 3.25. The Morgan fingerprint density at radius 3 is 2.84 bits per heavy atom. The van der Waals surface area contributed by atoms with Crippen molar-refractivity contribution in [2.24, 2.45) is 0 Å². The van der Waals surface area contributed by atoms with Gasteiger partial charge in [-0.1, -0.05) is 0 Å². The molecule has 4 heterocycles. The van der Waals surface area contributed by atoms with Crippen LogP contribution in [0.5, 0.6) is 11.5 Å². The van der Waals surface area contributed by atoms with Gasteiger partial charge in [-0.2, -0.15) is 0 Å². The summed E-state index contributed by atoms with van der Waals surface area (Å²) in [7, 11) is 0. The van der Waals surface area contributed by atoms with Gasteiger partial charge in [0.2, 0.25) is 6.79 Å². The number of imidazole rings is 1. The first-order valence-corrected chi connectivity index (χ1v) is 8.46. The topological polar surface area (TPSA) is 69.9 Å². The number of benzene rings is 1. The molecule has 0 bridgehead atoms. The van der Waals surface area contributed by atoms with E-state index in [1.165, 1.54) is 0 Å². The number of nitrogens with zero attached hydrogens (tertiary/aromatic N) is 3. The highest BCUT2D eigenvalue weighted by atomic mass is 16.7. The number of fused-ring (bicyclic) bond motifs is 2. The summed E-state index contributed by atoms with van der Waals surface area (Å²) in [5.41, 5.74) is 2.72. The molecule has 0 aliphatic carbocycles. The molecular weight excluding hydrogens is 320 g/mol. The molecule has 2 aromatic heterocycles. The number of aromatic nitrogens is 3. The first-order chi connectivity index (χ1) is 12.4. The molecule has 7 nitrogen and oxygen atoms in total. The molecule has 2 aliphatic heterocycles. The zero-order valence-electron chi connectivity index (χ0n) is 13.6. The molecule has 1 aromatic carbocycles. The second kappa shape index (κ2) is 5.93. The minimum atomic E-state index is 0.267. The van der Waals surface area contributed by atoms with E-state index in [9.17, 15) is 0 Å². The van der Waals surface area contributed by atoms with Crippen molar-refractivity contribution >= 4 is 11.5 Å². The van der Waals surface area contributed by atoms with Crippen LogP contribution in [0.3, 0.4) is 0 Å². The van der Waals surface area contributed by atoms with E-state index in [-0.39, 0.29) is 6.79 Å². The summed E-state index contributed by atoms with van der Waals surface area (Å²) in [6, 6.07) is 10.2. The third-order valence-corrected chi connectivity index (χ3v) is 4.60. The highest BCUT2D eigenvalue weighted by Crippen LogP contribution is 2.35. The second-order valence-corrected chi connectivity index (χ2v) is 6.23. The van der Waals surface area contributed by atoms with E-state index in [2.05, 4.69) is 10.3 Å². The zero-order chi connectivity index (χ0) is 16.6. The van der Waals surface area contributed by atoms with Crippen LogP contribution in [-0.4, -0.2) is 40.6 Å². The molecule has 1 saturated heterocycles. The van der Waals surface area contributed by atoms with Gasteiger partial charge in [-0.3, -0.25) is 0 Å². The smallest absolute Gasteiger partial charge is 0.231 e. The van der Waals surface area contributed by atoms with Gasteiger partial charge < -0.3 is 19.5 Å². The summed E-state index contributed by atoms with van der Waals surface area (Å²) in [5, 5.41) is 8.23. The molecule has 25 heavy (non-hydrogen) atoms. The summed E-state index contributed by atoms with van der Waals surface area (Å²) < 4.78 is 18.1. The highest BCUT2D eigenvalue weighted by Gasteiger charge is 2.17. The van der Waals surface area contributed by atoms with Crippen molar-refractivity contribution in [1.29, 1.82) is 0 Å². The Balaban J connectivity index is 1.49. The molecule has 1 N–H and O–H groups in total. The van der Waals surface area contributed by atoms with Crippen LogP contribution < -0.4 is 14.8 Å². The van der Waals surface area contributed by atoms with Crippen molar-refractivity contribution in [3.63, 3.8) is 0 Å². The van der Waals surface area contributed by atoms with Crippen molar-refractivity contribution in [3.8, 4) is 22.8 Å².